The number of thiazole rings is 1. The van der Waals surface area contributed by atoms with E-state index in [0.29, 0.717) is 0 Å². The fourth-order valence-corrected chi connectivity index (χ4v) is 7.81. The molecule has 2 heterocycles. The Morgan fingerprint density at radius 3 is 2.00 bits per heavy atom. The maximum atomic E-state index is 5.27. The number of hydrogen-bond donors (Lipinski definition) is 0. The zero-order valence-electron chi connectivity index (χ0n) is 24.4. The Labute approximate surface area is 259 Å². The molecule has 8 aromatic rings. The molecular weight excluding hydrogens is 555 g/mol. The molecule has 208 valence electrons. The van der Waals surface area contributed by atoms with Gasteiger partial charge in [-0.25, -0.2) is 15.0 Å². The van der Waals surface area contributed by atoms with Crippen LogP contribution in [0.3, 0.4) is 0 Å². The summed E-state index contributed by atoms with van der Waals surface area (Å²) in [6.45, 7) is 4.67. The summed E-state index contributed by atoms with van der Waals surface area (Å²) in [5, 5.41) is 4.47. The van der Waals surface area contributed by atoms with Crippen LogP contribution < -0.4 is 0 Å². The van der Waals surface area contributed by atoms with Gasteiger partial charge in [0.25, 0.3) is 0 Å². The van der Waals surface area contributed by atoms with E-state index in [-0.39, 0.29) is 5.41 Å². The van der Waals surface area contributed by atoms with Crippen molar-refractivity contribution in [2.45, 2.75) is 19.3 Å². The Balaban J connectivity index is 1.19. The lowest BCUT2D eigenvalue weighted by atomic mass is 9.81. The fraction of sp³-hybridized carbons (Fsp3) is 0.0750. The van der Waals surface area contributed by atoms with E-state index in [2.05, 4.69) is 141 Å². The van der Waals surface area contributed by atoms with Gasteiger partial charge in [-0.3, -0.25) is 0 Å². The first kappa shape index (κ1) is 25.3. The topological polar surface area (TPSA) is 38.7 Å². The number of hydrogen-bond acceptors (Lipinski definition) is 4. The molecule has 0 unspecified atom stereocenters. The van der Waals surface area contributed by atoms with Crippen LogP contribution in [0.15, 0.2) is 127 Å². The molecule has 0 N–H and O–H groups in total. The van der Waals surface area contributed by atoms with E-state index in [4.69, 9.17) is 15.0 Å². The minimum atomic E-state index is -0.172. The van der Waals surface area contributed by atoms with Crippen molar-refractivity contribution < 1.29 is 0 Å². The highest BCUT2D eigenvalue weighted by Gasteiger charge is 2.36. The van der Waals surface area contributed by atoms with Crippen molar-refractivity contribution in [3.8, 4) is 44.3 Å². The van der Waals surface area contributed by atoms with Crippen molar-refractivity contribution >= 4 is 43.2 Å². The van der Waals surface area contributed by atoms with Gasteiger partial charge in [0.05, 0.1) is 21.4 Å². The second kappa shape index (κ2) is 9.40. The molecule has 1 aliphatic rings. The first-order chi connectivity index (χ1) is 21.5. The van der Waals surface area contributed by atoms with Gasteiger partial charge in [0.15, 0.2) is 5.82 Å². The smallest absolute Gasteiger partial charge is 0.161 e. The van der Waals surface area contributed by atoms with E-state index in [9.17, 15) is 0 Å². The van der Waals surface area contributed by atoms with Crippen molar-refractivity contribution in [2.75, 3.05) is 0 Å². The number of aromatic nitrogens is 3. The number of benzene rings is 6. The second-order valence-corrected chi connectivity index (χ2v) is 13.1. The lowest BCUT2D eigenvalue weighted by molar-refractivity contribution is 0.661. The molecule has 0 fully saturated rings. The van der Waals surface area contributed by atoms with E-state index in [0.717, 1.165) is 49.5 Å². The molecule has 1 aliphatic carbocycles. The van der Waals surface area contributed by atoms with E-state index >= 15 is 0 Å². The highest BCUT2D eigenvalue weighted by molar-refractivity contribution is 7.21. The van der Waals surface area contributed by atoms with Gasteiger partial charge in [-0.05, 0) is 63.4 Å². The highest BCUT2D eigenvalue weighted by Crippen LogP contribution is 2.51. The standard InChI is InChI=1S/C40H27N3S/c1-40(2)32-22-25(18-20-28(32)29-21-19-26(23-33(29)40)39-42-35-16-7-8-17-36(35)44-39)37-31-13-5-6-15-34(31)41-38(43-37)30-14-9-11-24-10-3-4-12-27(24)30/h3-23H,1-2H3. The van der Waals surface area contributed by atoms with E-state index in [1.54, 1.807) is 11.3 Å². The van der Waals surface area contributed by atoms with Crippen molar-refractivity contribution in [2.24, 2.45) is 0 Å². The molecule has 0 aliphatic heterocycles. The second-order valence-electron chi connectivity index (χ2n) is 12.1. The molecule has 0 spiro atoms. The Morgan fingerprint density at radius 2 is 1.18 bits per heavy atom. The minimum Gasteiger partial charge on any atom is -0.236 e. The van der Waals surface area contributed by atoms with Crippen LogP contribution in [-0.2, 0) is 5.41 Å². The zero-order valence-corrected chi connectivity index (χ0v) is 25.2. The van der Waals surface area contributed by atoms with Crippen LogP contribution in [0.25, 0.3) is 76.2 Å². The van der Waals surface area contributed by atoms with Crippen molar-refractivity contribution in [1.29, 1.82) is 0 Å². The summed E-state index contributed by atoms with van der Waals surface area (Å²) in [5.41, 5.74) is 11.4. The molecule has 4 heteroatoms. The molecule has 3 nitrogen and oxygen atoms in total. The average Bonchev–Trinajstić information content (AvgIpc) is 3.60. The van der Waals surface area contributed by atoms with E-state index < -0.39 is 0 Å². The van der Waals surface area contributed by atoms with E-state index in [1.807, 2.05) is 0 Å². The summed E-state index contributed by atoms with van der Waals surface area (Å²) in [6, 6.07) is 45.3. The van der Waals surface area contributed by atoms with Gasteiger partial charge in [-0.2, -0.15) is 0 Å². The third-order valence-corrected chi connectivity index (χ3v) is 10.2. The normalized spacial score (nSPS) is 13.4. The number of para-hydroxylation sites is 2. The molecule has 6 aromatic carbocycles. The summed E-state index contributed by atoms with van der Waals surface area (Å²) in [4.78, 5) is 15.3. The molecule has 0 bridgehead atoms. The Morgan fingerprint density at radius 1 is 0.523 bits per heavy atom. The van der Waals surface area contributed by atoms with Gasteiger partial charge in [0, 0.05) is 27.5 Å². The highest BCUT2D eigenvalue weighted by atomic mass is 32.1. The Bertz CT molecular complexity index is 2400. The lowest BCUT2D eigenvalue weighted by Crippen LogP contribution is -2.15. The van der Waals surface area contributed by atoms with Crippen LogP contribution in [0.2, 0.25) is 0 Å². The van der Waals surface area contributed by atoms with Crippen LogP contribution in [0, 0.1) is 0 Å². The fourth-order valence-electron chi connectivity index (χ4n) is 6.85. The summed E-state index contributed by atoms with van der Waals surface area (Å²) in [6.07, 6.45) is 0. The quantitative estimate of drug-likeness (QED) is 0.208. The van der Waals surface area contributed by atoms with Gasteiger partial charge in [0.1, 0.15) is 5.01 Å². The van der Waals surface area contributed by atoms with Crippen LogP contribution in [0.1, 0.15) is 25.0 Å². The van der Waals surface area contributed by atoms with Crippen molar-refractivity contribution in [3.63, 3.8) is 0 Å². The van der Waals surface area contributed by atoms with Gasteiger partial charge < -0.3 is 0 Å². The number of rotatable bonds is 3. The Hall–Kier alpha value is -5.19. The summed E-state index contributed by atoms with van der Waals surface area (Å²) in [7, 11) is 0. The van der Waals surface area contributed by atoms with Gasteiger partial charge in [-0.15, -0.1) is 11.3 Å². The average molecular weight is 582 g/mol. The van der Waals surface area contributed by atoms with Gasteiger partial charge in [-0.1, -0.05) is 111 Å². The number of fused-ring (bicyclic) bond motifs is 6. The van der Waals surface area contributed by atoms with Crippen LogP contribution in [0.5, 0.6) is 0 Å². The molecular formula is C40H27N3S. The molecule has 9 rings (SSSR count). The number of nitrogens with zero attached hydrogens (tertiary/aromatic N) is 3. The third kappa shape index (κ3) is 3.78. The summed E-state index contributed by atoms with van der Waals surface area (Å²) in [5.74, 6) is 0.749. The van der Waals surface area contributed by atoms with Gasteiger partial charge in [0.2, 0.25) is 0 Å². The first-order valence-electron chi connectivity index (χ1n) is 15.0. The first-order valence-corrected chi connectivity index (χ1v) is 15.8. The SMILES string of the molecule is CC1(C)c2cc(-c3nc4ccccc4s3)ccc2-c2ccc(-c3nc(-c4cccc5ccccc45)nc4ccccc34)cc21. The van der Waals surface area contributed by atoms with Crippen LogP contribution in [-0.4, -0.2) is 15.0 Å². The maximum absolute atomic E-state index is 5.27. The molecule has 0 saturated carbocycles. The van der Waals surface area contributed by atoms with Crippen LogP contribution in [0.4, 0.5) is 0 Å². The molecule has 0 saturated heterocycles. The Kier molecular flexibility index (Phi) is 5.41. The lowest BCUT2D eigenvalue weighted by Gasteiger charge is -2.22. The zero-order chi connectivity index (χ0) is 29.4. The summed E-state index contributed by atoms with van der Waals surface area (Å²) < 4.78 is 1.22. The predicted octanol–water partition coefficient (Wildman–Crippen LogP) is 10.7. The predicted molar refractivity (Wildman–Crippen MR) is 184 cm³/mol. The molecule has 2 aromatic heterocycles. The minimum absolute atomic E-state index is 0.172. The van der Waals surface area contributed by atoms with Crippen molar-refractivity contribution in [3.05, 3.63) is 139 Å². The monoisotopic (exact) mass is 581 g/mol. The van der Waals surface area contributed by atoms with Crippen LogP contribution >= 0.6 is 11.3 Å². The molecule has 0 amide bonds. The summed E-state index contributed by atoms with van der Waals surface area (Å²) >= 11 is 1.76. The van der Waals surface area contributed by atoms with Gasteiger partial charge >= 0.3 is 0 Å². The van der Waals surface area contributed by atoms with Crippen molar-refractivity contribution in [1.82, 2.24) is 15.0 Å². The third-order valence-electron chi connectivity index (χ3n) is 9.12. The van der Waals surface area contributed by atoms with E-state index in [1.165, 1.54) is 37.9 Å². The molecule has 0 radical (unpaired) electrons. The maximum Gasteiger partial charge on any atom is 0.161 e. The molecule has 44 heavy (non-hydrogen) atoms. The largest absolute Gasteiger partial charge is 0.236 e. The molecule has 0 atom stereocenters.